The smallest absolute Gasteiger partial charge is 0.243 e. The summed E-state index contributed by atoms with van der Waals surface area (Å²) in [6, 6.07) is 0. The molecule has 0 aliphatic carbocycles. The van der Waals surface area contributed by atoms with Crippen LogP contribution < -0.4 is 5.32 Å². The molecule has 1 fully saturated rings. The van der Waals surface area contributed by atoms with E-state index in [0.29, 0.717) is 5.92 Å². The van der Waals surface area contributed by atoms with Gasteiger partial charge < -0.3 is 10.1 Å². The van der Waals surface area contributed by atoms with Crippen LogP contribution in [0.25, 0.3) is 0 Å². The van der Waals surface area contributed by atoms with Gasteiger partial charge in [0.1, 0.15) is 0 Å². The number of allylic oxidation sites excluding steroid dienone is 2. The highest BCUT2D eigenvalue weighted by atomic mass is 16.5. The Labute approximate surface area is 110 Å². The maximum atomic E-state index is 11.5. The number of ether oxygens (including phenoxy) is 1. The third-order valence-electron chi connectivity index (χ3n) is 3.20. The molecule has 102 valence electrons. The summed E-state index contributed by atoms with van der Waals surface area (Å²) in [7, 11) is 0. The second-order valence-corrected chi connectivity index (χ2v) is 4.78. The van der Waals surface area contributed by atoms with Crippen molar-refractivity contribution >= 4 is 5.91 Å². The fourth-order valence-electron chi connectivity index (χ4n) is 2.00. The Morgan fingerprint density at radius 3 is 2.72 bits per heavy atom. The third kappa shape index (κ3) is 7.28. The largest absolute Gasteiger partial charge is 0.381 e. The van der Waals surface area contributed by atoms with E-state index in [1.54, 1.807) is 6.08 Å². The lowest BCUT2D eigenvalue weighted by molar-refractivity contribution is -0.116. The Bertz CT molecular complexity index is 268. The molecule has 18 heavy (non-hydrogen) atoms. The van der Waals surface area contributed by atoms with Crippen LogP contribution in [0.15, 0.2) is 24.8 Å². The second-order valence-electron chi connectivity index (χ2n) is 4.78. The zero-order valence-electron chi connectivity index (χ0n) is 11.2. The number of unbranched alkanes of at least 4 members (excludes halogenated alkanes) is 3. The van der Waals surface area contributed by atoms with E-state index < -0.39 is 0 Å². The summed E-state index contributed by atoms with van der Waals surface area (Å²) in [5.74, 6) is 0.619. The third-order valence-corrected chi connectivity index (χ3v) is 3.20. The highest BCUT2D eigenvalue weighted by Gasteiger charge is 2.13. The van der Waals surface area contributed by atoms with Crippen LogP contribution in [0.3, 0.4) is 0 Å². The molecule has 1 N–H and O–H groups in total. The Hall–Kier alpha value is -1.09. The molecule has 0 spiro atoms. The molecular weight excluding hydrogens is 226 g/mol. The SMILES string of the molecule is C=CCCCC/C=C/C(=O)NCC1CCOCC1. The molecule has 0 unspecified atom stereocenters. The van der Waals surface area contributed by atoms with E-state index in [1.165, 1.54) is 0 Å². The molecular formula is C15H25NO2. The van der Waals surface area contributed by atoms with Gasteiger partial charge in [0.25, 0.3) is 0 Å². The number of carbonyl (C=O) groups is 1. The summed E-state index contributed by atoms with van der Waals surface area (Å²) in [6.45, 7) is 6.13. The van der Waals surface area contributed by atoms with Gasteiger partial charge in [-0.1, -0.05) is 12.2 Å². The molecule has 1 heterocycles. The van der Waals surface area contributed by atoms with Gasteiger partial charge in [-0.2, -0.15) is 0 Å². The maximum absolute atomic E-state index is 11.5. The van der Waals surface area contributed by atoms with Crippen LogP contribution in [0, 0.1) is 5.92 Å². The number of amides is 1. The van der Waals surface area contributed by atoms with Crippen LogP contribution in [-0.4, -0.2) is 25.7 Å². The average Bonchev–Trinajstić information content (AvgIpc) is 2.41. The molecule has 0 aromatic heterocycles. The van der Waals surface area contributed by atoms with Crippen molar-refractivity contribution in [2.45, 2.75) is 38.5 Å². The fourth-order valence-corrected chi connectivity index (χ4v) is 2.00. The summed E-state index contributed by atoms with van der Waals surface area (Å²) in [4.78, 5) is 11.5. The Balaban J connectivity index is 2.01. The van der Waals surface area contributed by atoms with Crippen molar-refractivity contribution in [2.75, 3.05) is 19.8 Å². The van der Waals surface area contributed by atoms with Gasteiger partial charge in [-0.3, -0.25) is 4.79 Å². The molecule has 0 bridgehead atoms. The molecule has 0 saturated carbocycles. The number of nitrogens with one attached hydrogen (secondary N) is 1. The molecule has 0 aromatic carbocycles. The lowest BCUT2D eigenvalue weighted by atomic mass is 10.0. The first-order valence-electron chi connectivity index (χ1n) is 6.96. The molecule has 0 radical (unpaired) electrons. The molecule has 1 aliphatic rings. The minimum Gasteiger partial charge on any atom is -0.381 e. The molecule has 1 amide bonds. The van der Waals surface area contributed by atoms with Crippen molar-refractivity contribution in [1.82, 2.24) is 5.32 Å². The highest BCUT2D eigenvalue weighted by molar-refractivity contribution is 5.87. The van der Waals surface area contributed by atoms with Gasteiger partial charge >= 0.3 is 0 Å². The number of rotatable bonds is 8. The number of hydrogen-bond acceptors (Lipinski definition) is 2. The summed E-state index contributed by atoms with van der Waals surface area (Å²) < 4.78 is 5.28. The Kier molecular flexibility index (Phi) is 8.23. The molecule has 1 saturated heterocycles. The minimum absolute atomic E-state index is 0.0326. The molecule has 1 aliphatic heterocycles. The lowest BCUT2D eigenvalue weighted by Crippen LogP contribution is -2.31. The highest BCUT2D eigenvalue weighted by Crippen LogP contribution is 2.13. The van der Waals surface area contributed by atoms with Crippen LogP contribution in [0.1, 0.15) is 38.5 Å². The predicted molar refractivity (Wildman–Crippen MR) is 74.4 cm³/mol. The molecule has 0 aromatic rings. The van der Waals surface area contributed by atoms with Gasteiger partial charge in [0, 0.05) is 19.8 Å². The summed E-state index contributed by atoms with van der Waals surface area (Å²) in [5, 5.41) is 2.96. The van der Waals surface area contributed by atoms with Crippen LogP contribution in [0.4, 0.5) is 0 Å². The van der Waals surface area contributed by atoms with Gasteiger partial charge in [-0.05, 0) is 50.5 Å². The van der Waals surface area contributed by atoms with E-state index in [-0.39, 0.29) is 5.91 Å². The molecule has 3 heteroatoms. The van der Waals surface area contributed by atoms with Gasteiger partial charge in [-0.25, -0.2) is 0 Å². The van der Waals surface area contributed by atoms with Gasteiger partial charge in [0.15, 0.2) is 0 Å². The van der Waals surface area contributed by atoms with E-state index in [0.717, 1.165) is 58.3 Å². The normalized spacial score (nSPS) is 16.9. The maximum Gasteiger partial charge on any atom is 0.243 e. The van der Waals surface area contributed by atoms with Crippen LogP contribution in [-0.2, 0) is 9.53 Å². The molecule has 0 atom stereocenters. The van der Waals surface area contributed by atoms with Crippen LogP contribution in [0.5, 0.6) is 0 Å². The van der Waals surface area contributed by atoms with E-state index >= 15 is 0 Å². The second kappa shape index (κ2) is 9.89. The standard InChI is InChI=1S/C15H25NO2/c1-2-3-4-5-6-7-8-15(17)16-13-14-9-11-18-12-10-14/h2,7-8,14H,1,3-6,9-13H2,(H,16,17)/b8-7+. The lowest BCUT2D eigenvalue weighted by Gasteiger charge is -2.21. The van der Waals surface area contributed by atoms with Crippen molar-refractivity contribution in [3.05, 3.63) is 24.8 Å². The number of carbonyl (C=O) groups excluding carboxylic acids is 1. The summed E-state index contributed by atoms with van der Waals surface area (Å²) in [6.07, 6.45) is 12.0. The molecule has 3 nitrogen and oxygen atoms in total. The van der Waals surface area contributed by atoms with Gasteiger partial charge in [-0.15, -0.1) is 6.58 Å². The van der Waals surface area contributed by atoms with Crippen LogP contribution >= 0.6 is 0 Å². The van der Waals surface area contributed by atoms with E-state index in [9.17, 15) is 4.79 Å². The Morgan fingerprint density at radius 1 is 1.28 bits per heavy atom. The number of hydrogen-bond donors (Lipinski definition) is 1. The molecule has 1 rings (SSSR count). The van der Waals surface area contributed by atoms with E-state index in [1.807, 2.05) is 12.2 Å². The van der Waals surface area contributed by atoms with Crippen molar-refractivity contribution < 1.29 is 9.53 Å². The average molecular weight is 251 g/mol. The van der Waals surface area contributed by atoms with Crippen molar-refractivity contribution in [3.8, 4) is 0 Å². The van der Waals surface area contributed by atoms with E-state index in [4.69, 9.17) is 4.74 Å². The zero-order chi connectivity index (χ0) is 13.1. The summed E-state index contributed by atoms with van der Waals surface area (Å²) >= 11 is 0. The summed E-state index contributed by atoms with van der Waals surface area (Å²) in [5.41, 5.74) is 0. The first-order valence-corrected chi connectivity index (χ1v) is 6.96. The first kappa shape index (κ1) is 15.0. The first-order chi connectivity index (χ1) is 8.83. The van der Waals surface area contributed by atoms with Crippen molar-refractivity contribution in [2.24, 2.45) is 5.92 Å². The van der Waals surface area contributed by atoms with Crippen molar-refractivity contribution in [3.63, 3.8) is 0 Å². The zero-order valence-corrected chi connectivity index (χ0v) is 11.2. The quantitative estimate of drug-likeness (QED) is 0.409. The van der Waals surface area contributed by atoms with E-state index in [2.05, 4.69) is 11.9 Å². The van der Waals surface area contributed by atoms with Crippen LogP contribution in [0.2, 0.25) is 0 Å². The van der Waals surface area contributed by atoms with Gasteiger partial charge in [0.05, 0.1) is 0 Å². The topological polar surface area (TPSA) is 38.3 Å². The van der Waals surface area contributed by atoms with Crippen molar-refractivity contribution in [1.29, 1.82) is 0 Å². The predicted octanol–water partition coefficient (Wildman–Crippen LogP) is 2.83. The Morgan fingerprint density at radius 2 is 2.00 bits per heavy atom. The monoisotopic (exact) mass is 251 g/mol. The fraction of sp³-hybridized carbons (Fsp3) is 0.667. The van der Waals surface area contributed by atoms with Gasteiger partial charge in [0.2, 0.25) is 5.91 Å². The minimum atomic E-state index is 0.0326.